The van der Waals surface area contributed by atoms with Crippen molar-refractivity contribution >= 4 is 39.2 Å². The minimum absolute atomic E-state index is 0.330. The lowest BCUT2D eigenvalue weighted by molar-refractivity contribution is 0.337. The Balaban J connectivity index is 3.70. The zero-order valence-electron chi connectivity index (χ0n) is 7.26. The molecule has 0 unspecified atom stereocenters. The summed E-state index contributed by atoms with van der Waals surface area (Å²) in [6, 6.07) is -1.59. The summed E-state index contributed by atoms with van der Waals surface area (Å²) in [7, 11) is 0. The molecule has 0 amide bonds. The molecule has 4 heteroatoms. The molecule has 0 fully saturated rings. The highest BCUT2D eigenvalue weighted by Crippen LogP contribution is 2.34. The Kier molecular flexibility index (Phi) is 4.79. The molecule has 0 aromatic rings. The van der Waals surface area contributed by atoms with Gasteiger partial charge in [-0.3, -0.25) is 0 Å². The molecular weight excluding hydrogens is 219 g/mol. The predicted octanol–water partition coefficient (Wildman–Crippen LogP) is 4.47. The zero-order chi connectivity index (χ0) is 9.12. The molecule has 11 heavy (non-hydrogen) atoms. The smallest absolute Gasteiger partial charge is 0.126 e. The highest BCUT2D eigenvalue weighted by atomic mass is 35.8. The van der Waals surface area contributed by atoms with E-state index in [1.165, 1.54) is 0 Å². The molecule has 0 aromatic carbocycles. The van der Waals surface area contributed by atoms with Crippen molar-refractivity contribution in [1.29, 1.82) is 0 Å². The third-order valence-corrected chi connectivity index (χ3v) is 4.56. The van der Waals surface area contributed by atoms with Crippen LogP contribution in [0.15, 0.2) is 0 Å². The van der Waals surface area contributed by atoms with E-state index in [0.717, 1.165) is 18.9 Å². The van der Waals surface area contributed by atoms with Crippen LogP contribution in [0.25, 0.3) is 0 Å². The molecule has 0 aromatic heterocycles. The Hall–Kier alpha value is 1.09. The van der Waals surface area contributed by atoms with Crippen LogP contribution < -0.4 is 0 Å². The van der Waals surface area contributed by atoms with Crippen molar-refractivity contribution < 1.29 is 0 Å². The average molecular weight is 234 g/mol. The molecular formula is C7H15Cl3Si. The highest BCUT2D eigenvalue weighted by molar-refractivity contribution is 7.64. The first-order valence-corrected chi connectivity index (χ1v) is 9.08. The number of hydrogen-bond acceptors (Lipinski definition) is 0. The normalized spacial score (nSPS) is 13.6. The van der Waals surface area contributed by atoms with Gasteiger partial charge in [0, 0.05) is 0 Å². The van der Waals surface area contributed by atoms with Gasteiger partial charge in [0.05, 0.1) is 0 Å². The Labute approximate surface area is 84.3 Å². The van der Waals surface area contributed by atoms with Gasteiger partial charge < -0.3 is 0 Å². The van der Waals surface area contributed by atoms with Crippen molar-refractivity contribution in [2.75, 3.05) is 0 Å². The molecule has 0 atom stereocenters. The van der Waals surface area contributed by atoms with Crippen molar-refractivity contribution in [2.24, 2.45) is 5.41 Å². The lowest BCUT2D eigenvalue weighted by atomic mass is 9.87. The molecule has 0 aliphatic carbocycles. The molecule has 0 heterocycles. The minimum atomic E-state index is -2.37. The molecule has 0 N–H and O–H groups in total. The second-order valence-electron chi connectivity index (χ2n) is 3.63. The average Bonchev–Trinajstić information content (AvgIpc) is 1.83. The Morgan fingerprint density at radius 3 is 1.91 bits per heavy atom. The first-order valence-electron chi connectivity index (χ1n) is 3.83. The minimum Gasteiger partial charge on any atom is -0.126 e. The van der Waals surface area contributed by atoms with Gasteiger partial charge in [0.1, 0.15) is 0 Å². The van der Waals surface area contributed by atoms with Crippen molar-refractivity contribution in [3.63, 3.8) is 0 Å². The molecule has 0 nitrogen and oxygen atoms in total. The van der Waals surface area contributed by atoms with Gasteiger partial charge in [-0.15, -0.1) is 33.2 Å². The number of rotatable bonds is 4. The van der Waals surface area contributed by atoms with Crippen LogP contribution in [0, 0.1) is 5.41 Å². The number of halogens is 3. The van der Waals surface area contributed by atoms with Gasteiger partial charge in [0.2, 0.25) is 0 Å². The van der Waals surface area contributed by atoms with Gasteiger partial charge >= 0.3 is 6.00 Å². The van der Waals surface area contributed by atoms with Gasteiger partial charge in [0.15, 0.2) is 0 Å². The van der Waals surface area contributed by atoms with Gasteiger partial charge in [-0.05, 0) is 17.9 Å². The summed E-state index contributed by atoms with van der Waals surface area (Å²) >= 11 is 17.3. The van der Waals surface area contributed by atoms with Crippen LogP contribution in [0.1, 0.15) is 33.6 Å². The summed E-state index contributed by atoms with van der Waals surface area (Å²) in [6.45, 7) is 6.58. The van der Waals surface area contributed by atoms with Crippen LogP contribution in [0.4, 0.5) is 0 Å². The molecule has 68 valence electrons. The van der Waals surface area contributed by atoms with E-state index in [0.29, 0.717) is 5.41 Å². The Morgan fingerprint density at radius 2 is 1.64 bits per heavy atom. The SMILES string of the molecule is CCC(C)(C)CC[Si](Cl)(Cl)Cl. The lowest BCUT2D eigenvalue weighted by Gasteiger charge is -2.23. The molecule has 0 bridgehead atoms. The van der Waals surface area contributed by atoms with Crippen molar-refractivity contribution in [3.05, 3.63) is 0 Å². The topological polar surface area (TPSA) is 0 Å². The van der Waals surface area contributed by atoms with E-state index in [2.05, 4.69) is 20.8 Å². The summed E-state index contributed by atoms with van der Waals surface area (Å²) in [5.41, 5.74) is 0.330. The Morgan fingerprint density at radius 1 is 1.18 bits per heavy atom. The van der Waals surface area contributed by atoms with Gasteiger partial charge in [-0.25, -0.2) is 0 Å². The first kappa shape index (κ1) is 12.1. The molecule has 0 radical (unpaired) electrons. The van der Waals surface area contributed by atoms with Crippen LogP contribution in [0.3, 0.4) is 0 Å². The second-order valence-corrected chi connectivity index (χ2v) is 12.9. The Bertz CT molecular complexity index is 117. The van der Waals surface area contributed by atoms with Gasteiger partial charge in [-0.1, -0.05) is 27.2 Å². The van der Waals surface area contributed by atoms with Crippen LogP contribution in [0.5, 0.6) is 0 Å². The molecule has 0 aliphatic rings. The molecule has 0 saturated heterocycles. The summed E-state index contributed by atoms with van der Waals surface area (Å²) in [5, 5.41) is 0. The van der Waals surface area contributed by atoms with E-state index in [1.54, 1.807) is 0 Å². The van der Waals surface area contributed by atoms with Crippen LogP contribution in [-0.4, -0.2) is 6.00 Å². The largest absolute Gasteiger partial charge is 0.341 e. The summed E-state index contributed by atoms with van der Waals surface area (Å²) < 4.78 is 0. The van der Waals surface area contributed by atoms with Crippen LogP contribution in [-0.2, 0) is 0 Å². The number of hydrogen-bond donors (Lipinski definition) is 0. The van der Waals surface area contributed by atoms with E-state index in [-0.39, 0.29) is 0 Å². The van der Waals surface area contributed by atoms with E-state index in [1.807, 2.05) is 0 Å². The van der Waals surface area contributed by atoms with Crippen LogP contribution in [0.2, 0.25) is 6.04 Å². The maximum atomic E-state index is 5.77. The third kappa shape index (κ3) is 7.45. The maximum Gasteiger partial charge on any atom is 0.341 e. The molecule has 0 rings (SSSR count). The van der Waals surface area contributed by atoms with E-state index >= 15 is 0 Å². The van der Waals surface area contributed by atoms with Crippen molar-refractivity contribution in [3.8, 4) is 0 Å². The summed E-state index contributed by atoms with van der Waals surface area (Å²) in [6.07, 6.45) is 2.16. The molecule has 0 spiro atoms. The van der Waals surface area contributed by atoms with Gasteiger partial charge in [0.25, 0.3) is 0 Å². The monoisotopic (exact) mass is 232 g/mol. The zero-order valence-corrected chi connectivity index (χ0v) is 10.5. The second kappa shape index (κ2) is 4.36. The van der Waals surface area contributed by atoms with Crippen molar-refractivity contribution in [1.82, 2.24) is 0 Å². The van der Waals surface area contributed by atoms with E-state index < -0.39 is 6.00 Å². The van der Waals surface area contributed by atoms with E-state index in [9.17, 15) is 0 Å². The van der Waals surface area contributed by atoms with Crippen molar-refractivity contribution in [2.45, 2.75) is 39.7 Å². The third-order valence-electron chi connectivity index (χ3n) is 2.04. The predicted molar refractivity (Wildman–Crippen MR) is 56.8 cm³/mol. The van der Waals surface area contributed by atoms with E-state index in [4.69, 9.17) is 33.2 Å². The quantitative estimate of drug-likeness (QED) is 0.497. The first-order chi connectivity index (χ1) is 4.77. The lowest BCUT2D eigenvalue weighted by Crippen LogP contribution is -2.16. The van der Waals surface area contributed by atoms with Gasteiger partial charge in [-0.2, -0.15) is 0 Å². The fourth-order valence-corrected chi connectivity index (χ4v) is 2.47. The van der Waals surface area contributed by atoms with Crippen LogP contribution >= 0.6 is 33.2 Å². The standard InChI is InChI=1S/C7H15Cl3Si/c1-4-7(2,3)5-6-11(8,9)10/h4-6H2,1-3H3. The maximum absolute atomic E-state index is 5.77. The molecule has 0 saturated carbocycles. The highest BCUT2D eigenvalue weighted by Gasteiger charge is 2.28. The summed E-state index contributed by atoms with van der Waals surface area (Å²) in [5.74, 6) is 0. The summed E-state index contributed by atoms with van der Waals surface area (Å²) in [4.78, 5) is 0. The fourth-order valence-electron chi connectivity index (χ4n) is 0.657. The molecule has 0 aliphatic heterocycles. The fraction of sp³-hybridized carbons (Fsp3) is 1.00.